The fourth-order valence-corrected chi connectivity index (χ4v) is 4.04. The molecule has 4 rings (SSSR count). The zero-order valence-electron chi connectivity index (χ0n) is 12.0. The Hall–Kier alpha value is -1.95. The van der Waals surface area contributed by atoms with Gasteiger partial charge in [0.25, 0.3) is 0 Å². The quantitative estimate of drug-likeness (QED) is 0.879. The minimum Gasteiger partial charge on any atom is -0.328 e. The van der Waals surface area contributed by atoms with Crippen LogP contribution in [0.3, 0.4) is 0 Å². The van der Waals surface area contributed by atoms with Gasteiger partial charge < -0.3 is 5.32 Å². The van der Waals surface area contributed by atoms with Gasteiger partial charge in [0.15, 0.2) is 5.78 Å². The largest absolute Gasteiger partial charge is 0.328 e. The van der Waals surface area contributed by atoms with Crippen LogP contribution < -0.4 is 5.32 Å². The molecule has 6 heteroatoms. The normalized spacial score (nSPS) is 24.6. The van der Waals surface area contributed by atoms with Crippen molar-refractivity contribution in [2.75, 3.05) is 5.32 Å². The Morgan fingerprint density at radius 1 is 1.43 bits per heavy atom. The summed E-state index contributed by atoms with van der Waals surface area (Å²) in [5, 5.41) is 9.86. The molecular weight excluding hydrogens is 284 g/mol. The number of carbonyl (C=O) groups is 1. The highest BCUT2D eigenvalue weighted by Gasteiger charge is 2.38. The SMILES string of the molecule is Cc1nc2n(n1)C(c1cccs1)C1=C(CC(C)CC1=O)N2. The molecule has 5 nitrogen and oxygen atoms in total. The molecule has 2 aliphatic rings. The Morgan fingerprint density at radius 2 is 2.29 bits per heavy atom. The summed E-state index contributed by atoms with van der Waals surface area (Å²) in [6.45, 7) is 4.00. The molecule has 2 aromatic heterocycles. The molecule has 0 amide bonds. The van der Waals surface area contributed by atoms with E-state index >= 15 is 0 Å². The summed E-state index contributed by atoms with van der Waals surface area (Å²) in [6.07, 6.45) is 1.51. The minimum absolute atomic E-state index is 0.127. The van der Waals surface area contributed by atoms with Gasteiger partial charge in [0.2, 0.25) is 5.95 Å². The van der Waals surface area contributed by atoms with Crippen molar-refractivity contribution in [3.8, 4) is 0 Å². The van der Waals surface area contributed by atoms with Gasteiger partial charge in [-0.3, -0.25) is 4.79 Å². The zero-order chi connectivity index (χ0) is 14.6. The lowest BCUT2D eigenvalue weighted by molar-refractivity contribution is -0.117. The van der Waals surface area contributed by atoms with E-state index in [1.807, 2.05) is 23.1 Å². The van der Waals surface area contributed by atoms with Crippen LogP contribution in [0.2, 0.25) is 0 Å². The second kappa shape index (κ2) is 4.53. The van der Waals surface area contributed by atoms with Gasteiger partial charge in [0, 0.05) is 22.6 Å². The average molecular weight is 300 g/mol. The molecule has 0 bridgehead atoms. The van der Waals surface area contributed by atoms with Gasteiger partial charge in [-0.2, -0.15) is 10.1 Å². The van der Waals surface area contributed by atoms with Crippen LogP contribution in [0.15, 0.2) is 28.8 Å². The van der Waals surface area contributed by atoms with Crippen molar-refractivity contribution >= 4 is 23.1 Å². The van der Waals surface area contributed by atoms with Gasteiger partial charge in [-0.05, 0) is 30.7 Å². The Balaban J connectivity index is 1.92. The van der Waals surface area contributed by atoms with Crippen molar-refractivity contribution in [2.24, 2.45) is 5.92 Å². The first-order valence-corrected chi connectivity index (χ1v) is 8.01. The van der Waals surface area contributed by atoms with Crippen LogP contribution >= 0.6 is 11.3 Å². The Morgan fingerprint density at radius 3 is 3.05 bits per heavy atom. The van der Waals surface area contributed by atoms with E-state index in [1.54, 1.807) is 11.3 Å². The number of Topliss-reactive ketones (excluding diaryl/α,β-unsaturated/α-hetero) is 1. The number of carbonyl (C=O) groups excluding carboxylic acids is 1. The third-order valence-corrected chi connectivity index (χ3v) is 4.97. The maximum Gasteiger partial charge on any atom is 0.226 e. The molecule has 2 atom stereocenters. The molecule has 108 valence electrons. The number of nitrogens with one attached hydrogen (secondary N) is 1. The molecule has 1 N–H and O–H groups in total. The van der Waals surface area contributed by atoms with Gasteiger partial charge in [-0.1, -0.05) is 13.0 Å². The monoisotopic (exact) mass is 300 g/mol. The second-order valence-electron chi connectivity index (χ2n) is 5.80. The maximum absolute atomic E-state index is 12.6. The van der Waals surface area contributed by atoms with Crippen molar-refractivity contribution in [1.82, 2.24) is 14.8 Å². The Labute approximate surface area is 126 Å². The Kier molecular flexibility index (Phi) is 2.75. The van der Waals surface area contributed by atoms with Crippen molar-refractivity contribution in [2.45, 2.75) is 32.7 Å². The number of rotatable bonds is 1. The number of fused-ring (bicyclic) bond motifs is 1. The summed E-state index contributed by atoms with van der Waals surface area (Å²) in [4.78, 5) is 18.2. The number of hydrogen-bond donors (Lipinski definition) is 1. The van der Waals surface area contributed by atoms with Crippen LogP contribution in [0, 0.1) is 12.8 Å². The molecule has 0 saturated heterocycles. The lowest BCUT2D eigenvalue weighted by atomic mass is 9.83. The average Bonchev–Trinajstić information content (AvgIpc) is 3.03. The summed E-state index contributed by atoms with van der Waals surface area (Å²) in [6, 6.07) is 3.96. The van der Waals surface area contributed by atoms with E-state index in [2.05, 4.69) is 28.4 Å². The van der Waals surface area contributed by atoms with E-state index in [-0.39, 0.29) is 11.8 Å². The number of thiophene rings is 1. The molecule has 0 aromatic carbocycles. The van der Waals surface area contributed by atoms with Gasteiger partial charge in [0.1, 0.15) is 11.9 Å². The van der Waals surface area contributed by atoms with Gasteiger partial charge in [-0.15, -0.1) is 11.3 Å². The molecule has 1 aliphatic heterocycles. The maximum atomic E-state index is 12.6. The number of aryl methyl sites for hydroxylation is 1. The van der Waals surface area contributed by atoms with Crippen LogP contribution in [0.25, 0.3) is 0 Å². The summed E-state index contributed by atoms with van der Waals surface area (Å²) < 4.78 is 1.86. The van der Waals surface area contributed by atoms with Crippen molar-refractivity contribution in [3.05, 3.63) is 39.5 Å². The van der Waals surface area contributed by atoms with Crippen LogP contribution in [0.5, 0.6) is 0 Å². The van der Waals surface area contributed by atoms with Gasteiger partial charge in [0.05, 0.1) is 0 Å². The highest BCUT2D eigenvalue weighted by Crippen LogP contribution is 2.42. The van der Waals surface area contributed by atoms with E-state index in [1.165, 1.54) is 0 Å². The molecule has 2 unspecified atom stereocenters. The smallest absolute Gasteiger partial charge is 0.226 e. The summed E-state index contributed by atoms with van der Waals surface area (Å²) >= 11 is 1.66. The zero-order valence-corrected chi connectivity index (χ0v) is 12.8. The van der Waals surface area contributed by atoms with Crippen molar-refractivity contribution in [3.63, 3.8) is 0 Å². The minimum atomic E-state index is -0.127. The van der Waals surface area contributed by atoms with E-state index in [0.29, 0.717) is 12.3 Å². The molecule has 2 aromatic rings. The number of hydrogen-bond acceptors (Lipinski definition) is 5. The third kappa shape index (κ3) is 1.93. The molecule has 3 heterocycles. The second-order valence-corrected chi connectivity index (χ2v) is 6.78. The predicted molar refractivity (Wildman–Crippen MR) is 81.3 cm³/mol. The molecular formula is C15H16N4OS. The Bertz CT molecular complexity index is 744. The number of allylic oxidation sites excluding steroid dienone is 2. The van der Waals surface area contributed by atoms with Crippen molar-refractivity contribution in [1.29, 1.82) is 0 Å². The number of ketones is 1. The van der Waals surface area contributed by atoms with Gasteiger partial charge >= 0.3 is 0 Å². The lowest BCUT2D eigenvalue weighted by Gasteiger charge is -2.33. The van der Waals surface area contributed by atoms with E-state index < -0.39 is 0 Å². The molecule has 0 radical (unpaired) electrons. The fourth-order valence-electron chi connectivity index (χ4n) is 3.22. The number of nitrogens with zero attached hydrogens (tertiary/aromatic N) is 3. The number of anilines is 1. The number of aromatic nitrogens is 3. The topological polar surface area (TPSA) is 59.8 Å². The molecule has 21 heavy (non-hydrogen) atoms. The summed E-state index contributed by atoms with van der Waals surface area (Å²) in [7, 11) is 0. The van der Waals surface area contributed by atoms with Crippen LogP contribution in [0.1, 0.15) is 36.5 Å². The fraction of sp³-hybridized carbons (Fsp3) is 0.400. The molecule has 1 aliphatic carbocycles. The first-order chi connectivity index (χ1) is 10.1. The summed E-state index contributed by atoms with van der Waals surface area (Å²) in [5.74, 6) is 2.07. The molecule has 0 spiro atoms. The standard InChI is InChI=1S/C15H16N4OS/c1-8-6-10-13(11(20)7-8)14(12-4-3-5-21-12)19-15(17-10)16-9(2)18-19/h3-5,8,14H,6-7H2,1-2H3,(H,16,17,18). The van der Waals surface area contributed by atoms with E-state index in [0.717, 1.165) is 34.3 Å². The predicted octanol–water partition coefficient (Wildman–Crippen LogP) is 2.92. The third-order valence-electron chi connectivity index (χ3n) is 4.04. The summed E-state index contributed by atoms with van der Waals surface area (Å²) in [5.41, 5.74) is 1.89. The van der Waals surface area contributed by atoms with Crippen LogP contribution in [-0.2, 0) is 4.79 Å². The first-order valence-electron chi connectivity index (χ1n) is 7.13. The van der Waals surface area contributed by atoms with E-state index in [9.17, 15) is 4.79 Å². The van der Waals surface area contributed by atoms with E-state index in [4.69, 9.17) is 0 Å². The molecule has 0 saturated carbocycles. The highest BCUT2D eigenvalue weighted by molar-refractivity contribution is 7.10. The highest BCUT2D eigenvalue weighted by atomic mass is 32.1. The van der Waals surface area contributed by atoms with Crippen LogP contribution in [-0.4, -0.2) is 20.5 Å². The lowest BCUT2D eigenvalue weighted by Crippen LogP contribution is -2.33. The van der Waals surface area contributed by atoms with Crippen molar-refractivity contribution < 1.29 is 4.79 Å². The first kappa shape index (κ1) is 12.8. The van der Waals surface area contributed by atoms with Gasteiger partial charge in [-0.25, -0.2) is 4.68 Å². The van der Waals surface area contributed by atoms with Crippen LogP contribution in [0.4, 0.5) is 5.95 Å². The molecule has 0 fully saturated rings.